The van der Waals surface area contributed by atoms with Crippen molar-refractivity contribution in [3.63, 3.8) is 0 Å². The molecule has 1 saturated heterocycles. The van der Waals surface area contributed by atoms with Crippen LogP contribution in [0.1, 0.15) is 25.7 Å². The minimum absolute atomic E-state index is 0.0319. The fourth-order valence-corrected chi connectivity index (χ4v) is 4.59. The number of hydrogen-bond donors (Lipinski definition) is 2. The SMILES string of the molecule is CN(C)CCOc1cnc(NC2CCC(Oc3nc(N4CCOCC4)cc4ncc(O)cc34)CC2)nc1. The number of anilines is 2. The lowest BCUT2D eigenvalue weighted by Crippen LogP contribution is -2.37. The molecule has 0 amide bonds. The number of aromatic nitrogens is 4. The van der Waals surface area contributed by atoms with Crippen molar-refractivity contribution in [2.75, 3.05) is 63.8 Å². The van der Waals surface area contributed by atoms with E-state index in [9.17, 15) is 5.11 Å². The minimum Gasteiger partial charge on any atom is -0.506 e. The summed E-state index contributed by atoms with van der Waals surface area (Å²) in [5, 5.41) is 14.2. The molecule has 0 unspecified atom stereocenters. The molecule has 3 aromatic rings. The van der Waals surface area contributed by atoms with Gasteiger partial charge in [-0.25, -0.2) is 9.97 Å². The van der Waals surface area contributed by atoms with E-state index >= 15 is 0 Å². The smallest absolute Gasteiger partial charge is 0.225 e. The Labute approximate surface area is 216 Å². The number of fused-ring (bicyclic) bond motifs is 1. The summed E-state index contributed by atoms with van der Waals surface area (Å²) in [6, 6.07) is 3.90. The van der Waals surface area contributed by atoms with Gasteiger partial charge in [0, 0.05) is 31.7 Å². The van der Waals surface area contributed by atoms with E-state index in [0.29, 0.717) is 37.4 Å². The van der Waals surface area contributed by atoms with Gasteiger partial charge in [-0.15, -0.1) is 0 Å². The Morgan fingerprint density at radius 2 is 1.81 bits per heavy atom. The molecule has 4 heterocycles. The fraction of sp³-hybridized carbons (Fsp3) is 0.538. The summed E-state index contributed by atoms with van der Waals surface area (Å²) in [4.78, 5) is 22.3. The van der Waals surface area contributed by atoms with Gasteiger partial charge in [-0.05, 0) is 45.8 Å². The van der Waals surface area contributed by atoms with Crippen LogP contribution in [0, 0.1) is 0 Å². The van der Waals surface area contributed by atoms with Crippen molar-refractivity contribution in [2.45, 2.75) is 37.8 Å². The molecule has 0 radical (unpaired) electrons. The van der Waals surface area contributed by atoms with Crippen molar-refractivity contribution in [3.8, 4) is 17.4 Å². The maximum atomic E-state index is 10.0. The Balaban J connectivity index is 1.19. The number of hydrogen-bond acceptors (Lipinski definition) is 11. The van der Waals surface area contributed by atoms with E-state index in [1.807, 2.05) is 20.2 Å². The van der Waals surface area contributed by atoms with E-state index in [-0.39, 0.29) is 17.9 Å². The number of ether oxygens (including phenoxy) is 3. The Morgan fingerprint density at radius 3 is 2.54 bits per heavy atom. The van der Waals surface area contributed by atoms with E-state index in [0.717, 1.165) is 62.0 Å². The first kappa shape index (κ1) is 25.2. The van der Waals surface area contributed by atoms with Crippen LogP contribution in [0.5, 0.6) is 17.4 Å². The number of nitrogens with zero attached hydrogens (tertiary/aromatic N) is 6. The van der Waals surface area contributed by atoms with Crippen molar-refractivity contribution in [3.05, 3.63) is 30.7 Å². The van der Waals surface area contributed by atoms with Crippen molar-refractivity contribution >= 4 is 22.7 Å². The summed E-state index contributed by atoms with van der Waals surface area (Å²) >= 11 is 0. The third-order valence-corrected chi connectivity index (χ3v) is 6.67. The molecule has 11 heteroatoms. The zero-order valence-corrected chi connectivity index (χ0v) is 21.5. The first-order valence-corrected chi connectivity index (χ1v) is 12.9. The van der Waals surface area contributed by atoms with Crippen LogP contribution in [0.3, 0.4) is 0 Å². The van der Waals surface area contributed by atoms with Crippen LogP contribution in [-0.2, 0) is 4.74 Å². The predicted octanol–water partition coefficient (Wildman–Crippen LogP) is 2.70. The van der Waals surface area contributed by atoms with E-state index in [4.69, 9.17) is 19.2 Å². The molecule has 2 fully saturated rings. The normalized spacial score (nSPS) is 20.2. The van der Waals surface area contributed by atoms with Crippen LogP contribution in [0.4, 0.5) is 11.8 Å². The number of nitrogens with one attached hydrogen (secondary N) is 1. The molecule has 2 aliphatic rings. The lowest BCUT2D eigenvalue weighted by molar-refractivity contribution is 0.122. The molecule has 11 nitrogen and oxygen atoms in total. The monoisotopic (exact) mass is 509 g/mol. The highest BCUT2D eigenvalue weighted by Gasteiger charge is 2.25. The summed E-state index contributed by atoms with van der Waals surface area (Å²) in [7, 11) is 4.02. The second-order valence-electron chi connectivity index (χ2n) is 9.78. The van der Waals surface area contributed by atoms with Crippen molar-refractivity contribution in [2.24, 2.45) is 0 Å². The lowest BCUT2D eigenvalue weighted by Gasteiger charge is -2.31. The second kappa shape index (κ2) is 11.7. The second-order valence-corrected chi connectivity index (χ2v) is 9.78. The molecule has 2 N–H and O–H groups in total. The molecule has 1 aliphatic heterocycles. The van der Waals surface area contributed by atoms with Crippen LogP contribution in [0.15, 0.2) is 30.7 Å². The van der Waals surface area contributed by atoms with Gasteiger partial charge in [0.25, 0.3) is 0 Å². The molecule has 1 aliphatic carbocycles. The van der Waals surface area contributed by atoms with Crippen molar-refractivity contribution < 1.29 is 19.3 Å². The Kier molecular flexibility index (Phi) is 8.00. The van der Waals surface area contributed by atoms with E-state index < -0.39 is 0 Å². The zero-order valence-electron chi connectivity index (χ0n) is 21.5. The van der Waals surface area contributed by atoms with Gasteiger partial charge in [-0.3, -0.25) is 4.98 Å². The Bertz CT molecular complexity index is 1160. The summed E-state index contributed by atoms with van der Waals surface area (Å²) in [6.07, 6.45) is 8.52. The number of aromatic hydroxyl groups is 1. The van der Waals surface area contributed by atoms with Crippen LogP contribution < -0.4 is 19.7 Å². The highest BCUT2D eigenvalue weighted by molar-refractivity contribution is 5.86. The summed E-state index contributed by atoms with van der Waals surface area (Å²) in [5.41, 5.74) is 0.755. The molecule has 37 heavy (non-hydrogen) atoms. The molecular weight excluding hydrogens is 474 g/mol. The van der Waals surface area contributed by atoms with E-state index in [1.54, 1.807) is 18.5 Å². The van der Waals surface area contributed by atoms with Gasteiger partial charge in [-0.1, -0.05) is 0 Å². The zero-order chi connectivity index (χ0) is 25.6. The maximum absolute atomic E-state index is 10.0. The first-order chi connectivity index (χ1) is 18.0. The van der Waals surface area contributed by atoms with Crippen molar-refractivity contribution in [1.29, 1.82) is 0 Å². The van der Waals surface area contributed by atoms with E-state index in [2.05, 4.69) is 30.1 Å². The third kappa shape index (κ3) is 6.66. The van der Waals surface area contributed by atoms with Crippen LogP contribution in [0.25, 0.3) is 10.9 Å². The van der Waals surface area contributed by atoms with Gasteiger partial charge in [-0.2, -0.15) is 4.98 Å². The minimum atomic E-state index is 0.0319. The summed E-state index contributed by atoms with van der Waals surface area (Å²) < 4.78 is 17.6. The van der Waals surface area contributed by atoms with Crippen LogP contribution >= 0.6 is 0 Å². The van der Waals surface area contributed by atoms with Gasteiger partial charge in [0.15, 0.2) is 5.75 Å². The highest BCUT2D eigenvalue weighted by Crippen LogP contribution is 2.33. The molecule has 0 spiro atoms. The molecule has 3 aromatic heterocycles. The number of rotatable bonds is 9. The summed E-state index contributed by atoms with van der Waals surface area (Å²) in [6.45, 7) is 4.34. The Hall–Kier alpha value is -3.44. The van der Waals surface area contributed by atoms with Crippen LogP contribution in [-0.4, -0.2) is 95.6 Å². The Morgan fingerprint density at radius 1 is 1.05 bits per heavy atom. The average molecular weight is 510 g/mol. The number of morpholine rings is 1. The van der Waals surface area contributed by atoms with Crippen molar-refractivity contribution in [1.82, 2.24) is 24.8 Å². The molecular formula is C26H35N7O4. The molecule has 0 atom stereocenters. The lowest BCUT2D eigenvalue weighted by atomic mass is 9.93. The largest absolute Gasteiger partial charge is 0.506 e. The molecule has 1 saturated carbocycles. The number of pyridine rings is 2. The molecule has 5 rings (SSSR count). The van der Waals surface area contributed by atoms with E-state index in [1.165, 1.54) is 6.20 Å². The van der Waals surface area contributed by atoms with Gasteiger partial charge in [0.05, 0.1) is 42.7 Å². The topological polar surface area (TPSA) is 118 Å². The molecule has 0 aromatic carbocycles. The standard InChI is InChI=1S/C26H35N7O4/c1-32(2)7-12-36-21-16-28-26(29-17-21)30-18-3-5-20(6-4-18)37-25-22-13-19(34)15-27-23(22)14-24(31-25)33-8-10-35-11-9-33/h13-18,20,34H,3-12H2,1-2H3,(H,28,29,30). The average Bonchev–Trinajstić information content (AvgIpc) is 2.91. The third-order valence-electron chi connectivity index (χ3n) is 6.67. The fourth-order valence-electron chi connectivity index (χ4n) is 4.59. The van der Waals surface area contributed by atoms with Gasteiger partial charge < -0.3 is 34.4 Å². The van der Waals surface area contributed by atoms with Gasteiger partial charge in [0.2, 0.25) is 11.8 Å². The molecule has 198 valence electrons. The van der Waals surface area contributed by atoms with Gasteiger partial charge in [0.1, 0.15) is 24.3 Å². The predicted molar refractivity (Wildman–Crippen MR) is 141 cm³/mol. The van der Waals surface area contributed by atoms with Crippen LogP contribution in [0.2, 0.25) is 0 Å². The summed E-state index contributed by atoms with van der Waals surface area (Å²) in [5.74, 6) is 2.72. The number of likely N-dealkylation sites (N-methyl/N-ethyl adjacent to an activating group) is 1. The highest BCUT2D eigenvalue weighted by atomic mass is 16.5. The van der Waals surface area contributed by atoms with Gasteiger partial charge >= 0.3 is 0 Å². The molecule has 0 bridgehead atoms. The maximum Gasteiger partial charge on any atom is 0.225 e. The quantitative estimate of drug-likeness (QED) is 0.443. The first-order valence-electron chi connectivity index (χ1n) is 12.9.